The minimum Gasteiger partial charge on any atom is -0.344 e. The summed E-state index contributed by atoms with van der Waals surface area (Å²) < 4.78 is 20.6. The van der Waals surface area contributed by atoms with Crippen LogP contribution in [0.25, 0.3) is 33.6 Å². The van der Waals surface area contributed by atoms with Gasteiger partial charge >= 0.3 is 0 Å². The molecular formula is C39H42ClFN8O2. The van der Waals surface area contributed by atoms with E-state index >= 15 is 4.39 Å². The molecule has 0 unspecified atom stereocenters. The molecule has 4 aromatic heterocycles. The Morgan fingerprint density at radius 3 is 2.75 bits per heavy atom. The molecule has 0 radical (unpaired) electrons. The molecule has 2 amide bonds. The lowest BCUT2D eigenvalue weighted by Gasteiger charge is -2.37. The van der Waals surface area contributed by atoms with Gasteiger partial charge in [-0.05, 0) is 113 Å². The average molecular weight is 709 g/mol. The number of carbonyl (C=O) groups excluding carboxylic acids is 2. The van der Waals surface area contributed by atoms with Crippen molar-refractivity contribution in [3.8, 4) is 11.5 Å². The molecular weight excluding hydrogens is 667 g/mol. The quantitative estimate of drug-likeness (QED) is 0.198. The number of piperidine rings is 1. The Balaban J connectivity index is 1.13. The van der Waals surface area contributed by atoms with Crippen LogP contribution in [0, 0.1) is 17.7 Å². The number of aryl methyl sites for hydroxylation is 2. The number of fused-ring (bicyclic) bond motifs is 5. The van der Waals surface area contributed by atoms with Crippen LogP contribution in [0.5, 0.6) is 0 Å². The van der Waals surface area contributed by atoms with E-state index in [0.717, 1.165) is 73.8 Å². The van der Waals surface area contributed by atoms with E-state index in [0.29, 0.717) is 76.7 Å². The first-order valence-corrected chi connectivity index (χ1v) is 18.8. The Labute approximate surface area is 300 Å². The number of nitrogens with zero attached hydrogens (tertiary/aromatic N) is 6. The molecule has 4 bridgehead atoms. The number of nitrogens with two attached hydrogens (primary N) is 1. The van der Waals surface area contributed by atoms with Gasteiger partial charge in [-0.2, -0.15) is 0 Å². The molecule has 3 fully saturated rings. The highest BCUT2D eigenvalue weighted by Crippen LogP contribution is 2.39. The first-order valence-electron chi connectivity index (χ1n) is 18.4. The number of carbonyl (C=O) groups is 2. The van der Waals surface area contributed by atoms with Crippen LogP contribution >= 0.6 is 11.6 Å². The van der Waals surface area contributed by atoms with E-state index in [-0.39, 0.29) is 29.9 Å². The molecule has 1 saturated heterocycles. The number of hydrogen-bond donors (Lipinski definition) is 2. The van der Waals surface area contributed by atoms with Crippen LogP contribution in [-0.4, -0.2) is 59.4 Å². The highest BCUT2D eigenvalue weighted by Gasteiger charge is 2.41. The fourth-order valence-corrected chi connectivity index (χ4v) is 8.80. The van der Waals surface area contributed by atoms with Crippen LogP contribution in [-0.2, 0) is 19.5 Å². The molecule has 12 heteroatoms. The van der Waals surface area contributed by atoms with Crippen molar-refractivity contribution in [3.63, 3.8) is 0 Å². The molecule has 10 nitrogen and oxygen atoms in total. The molecule has 0 spiro atoms. The van der Waals surface area contributed by atoms with Gasteiger partial charge in [-0.25, -0.2) is 19.3 Å². The van der Waals surface area contributed by atoms with E-state index in [9.17, 15) is 9.59 Å². The summed E-state index contributed by atoms with van der Waals surface area (Å²) in [6.07, 6.45) is 8.31. The summed E-state index contributed by atoms with van der Waals surface area (Å²) >= 11 is 6.23. The van der Waals surface area contributed by atoms with E-state index in [1.165, 1.54) is 6.07 Å². The smallest absolute Gasteiger partial charge is 0.254 e. The number of nitrogens with one attached hydrogen (secondary N) is 1. The lowest BCUT2D eigenvalue weighted by atomic mass is 9.94. The van der Waals surface area contributed by atoms with E-state index in [1.54, 1.807) is 18.2 Å². The lowest BCUT2D eigenvalue weighted by Crippen LogP contribution is -2.51. The molecule has 2 saturated carbocycles. The molecule has 9 rings (SSSR count). The Morgan fingerprint density at radius 1 is 1.04 bits per heavy atom. The zero-order valence-electron chi connectivity index (χ0n) is 28.7. The zero-order valence-corrected chi connectivity index (χ0v) is 29.5. The standard InChI is InChI=1S/C39H42ClFN8O2/c1-21-30-12-9-24-18-33(47(36(24)45-30)14-4-2-3-5-31-27(38(50)43-21)11-13-34(40)44-31)37-46-32-17-25(16-28(41)35(32)49(37)19-22-6-7-22)39(51)48-20-29(42)23-8-10-26(48)15-23/h9,11-13,16-18,21-23,26,29H,2-8,10,14-15,19-20,42H2,1H3,(H,43,50)/t21-,23-,26+,29+/m1/s1. The number of likely N-dealkylation sites (tertiary alicyclic amines) is 1. The molecule has 4 atom stereocenters. The molecule has 3 N–H and O–H groups in total. The van der Waals surface area contributed by atoms with Gasteiger partial charge in [0.25, 0.3) is 11.8 Å². The maximum Gasteiger partial charge on any atom is 0.254 e. The van der Waals surface area contributed by atoms with E-state index in [1.807, 2.05) is 28.5 Å². The van der Waals surface area contributed by atoms with Gasteiger partial charge in [0.2, 0.25) is 0 Å². The van der Waals surface area contributed by atoms with Crippen molar-refractivity contribution >= 4 is 45.5 Å². The summed E-state index contributed by atoms with van der Waals surface area (Å²) in [5, 5.41) is 4.43. The fraction of sp³-hybridized carbons (Fsp3) is 0.462. The number of aromatic nitrogens is 5. The minimum atomic E-state index is -0.433. The fourth-order valence-electron chi connectivity index (χ4n) is 8.63. The summed E-state index contributed by atoms with van der Waals surface area (Å²) in [4.78, 5) is 43.9. The second kappa shape index (κ2) is 12.7. The van der Waals surface area contributed by atoms with Crippen LogP contribution in [0.1, 0.15) is 96.4 Å². The van der Waals surface area contributed by atoms with Crippen LogP contribution in [0.15, 0.2) is 42.5 Å². The molecule has 2 aliphatic heterocycles. The summed E-state index contributed by atoms with van der Waals surface area (Å²) in [7, 11) is 0. The number of hydrogen-bond acceptors (Lipinski definition) is 6. The van der Waals surface area contributed by atoms with E-state index in [2.05, 4.69) is 20.9 Å². The summed E-state index contributed by atoms with van der Waals surface area (Å²) in [6.45, 7) is 3.76. The van der Waals surface area contributed by atoms with Crippen molar-refractivity contribution < 1.29 is 14.0 Å². The van der Waals surface area contributed by atoms with Crippen LogP contribution in [0.4, 0.5) is 4.39 Å². The van der Waals surface area contributed by atoms with Crippen LogP contribution in [0.2, 0.25) is 5.15 Å². The molecule has 51 heavy (non-hydrogen) atoms. The third kappa shape index (κ3) is 5.88. The Hall–Kier alpha value is -4.35. The maximum absolute atomic E-state index is 16.3. The molecule has 5 aromatic rings. The second-order valence-corrected chi connectivity index (χ2v) is 15.5. The highest BCUT2D eigenvalue weighted by molar-refractivity contribution is 6.29. The van der Waals surface area contributed by atoms with Gasteiger partial charge in [0.05, 0.1) is 34.2 Å². The summed E-state index contributed by atoms with van der Waals surface area (Å²) in [6, 6.07) is 12.4. The predicted molar refractivity (Wildman–Crippen MR) is 194 cm³/mol. The maximum atomic E-state index is 16.3. The Bertz CT molecular complexity index is 2210. The number of rotatable bonds is 4. The number of imidazole rings is 1. The first-order chi connectivity index (χ1) is 24.7. The van der Waals surface area contributed by atoms with Crippen molar-refractivity contribution in [2.75, 3.05) is 6.54 Å². The zero-order chi connectivity index (χ0) is 35.0. The predicted octanol–water partition coefficient (Wildman–Crippen LogP) is 6.82. The van der Waals surface area contributed by atoms with Gasteiger partial charge in [-0.1, -0.05) is 18.0 Å². The minimum absolute atomic E-state index is 0.0465. The Morgan fingerprint density at radius 2 is 1.90 bits per heavy atom. The largest absolute Gasteiger partial charge is 0.344 e. The molecule has 6 heterocycles. The second-order valence-electron chi connectivity index (χ2n) is 15.1. The lowest BCUT2D eigenvalue weighted by molar-refractivity contribution is 0.0603. The number of halogens is 2. The van der Waals surface area contributed by atoms with E-state index < -0.39 is 5.82 Å². The molecule has 2 aliphatic carbocycles. The summed E-state index contributed by atoms with van der Waals surface area (Å²) in [5.74, 6) is 0.777. The van der Waals surface area contributed by atoms with Crippen molar-refractivity contribution in [2.45, 2.75) is 95.9 Å². The van der Waals surface area contributed by atoms with Gasteiger partial charge < -0.3 is 25.1 Å². The first kappa shape index (κ1) is 32.6. The summed E-state index contributed by atoms with van der Waals surface area (Å²) in [5.41, 5.74) is 11.3. The van der Waals surface area contributed by atoms with E-state index in [4.69, 9.17) is 27.3 Å². The van der Waals surface area contributed by atoms with Crippen molar-refractivity contribution in [1.82, 2.24) is 34.3 Å². The van der Waals surface area contributed by atoms with Gasteiger partial charge in [0.15, 0.2) is 5.82 Å². The monoisotopic (exact) mass is 708 g/mol. The third-order valence-corrected chi connectivity index (χ3v) is 11.8. The van der Waals surface area contributed by atoms with Gasteiger partial charge in [0, 0.05) is 42.7 Å². The third-order valence-electron chi connectivity index (χ3n) is 11.6. The van der Waals surface area contributed by atoms with Crippen molar-refractivity contribution in [2.24, 2.45) is 17.6 Å². The Kier molecular flexibility index (Phi) is 8.11. The highest BCUT2D eigenvalue weighted by atomic mass is 35.5. The molecule has 1 aromatic carbocycles. The SMILES string of the molecule is C[C@H]1NC(=O)c2ccc(Cl)nc2CCCCCn2c(-c3nc4cc(C(=O)N5C[C@H](N)[C@@H]6CC[C@H]5C6)cc(F)c4n3CC3CC3)cc3ccc1nc32. The van der Waals surface area contributed by atoms with Gasteiger partial charge in [-0.15, -0.1) is 0 Å². The van der Waals surface area contributed by atoms with Gasteiger partial charge in [0.1, 0.15) is 22.1 Å². The number of pyridine rings is 2. The molecule has 264 valence electrons. The normalized spacial score (nSPS) is 23.8. The van der Waals surface area contributed by atoms with Crippen molar-refractivity contribution in [3.05, 3.63) is 75.9 Å². The number of benzene rings is 1. The number of amides is 2. The topological polar surface area (TPSA) is 124 Å². The average Bonchev–Trinajstić information content (AvgIpc) is 3.54. The van der Waals surface area contributed by atoms with Crippen LogP contribution < -0.4 is 11.1 Å². The molecule has 4 aliphatic rings. The van der Waals surface area contributed by atoms with Gasteiger partial charge in [-0.3, -0.25) is 9.59 Å². The van der Waals surface area contributed by atoms with Crippen molar-refractivity contribution in [1.29, 1.82) is 0 Å². The van der Waals surface area contributed by atoms with Crippen LogP contribution in [0.3, 0.4) is 0 Å².